The van der Waals surface area contributed by atoms with Gasteiger partial charge in [-0.2, -0.15) is 0 Å². The van der Waals surface area contributed by atoms with Gasteiger partial charge in [0.05, 0.1) is 12.2 Å². The van der Waals surface area contributed by atoms with Crippen molar-refractivity contribution in [3.05, 3.63) is 81.7 Å². The number of nitrogens with zero attached hydrogens (tertiary/aromatic N) is 1. The van der Waals surface area contributed by atoms with Crippen molar-refractivity contribution in [1.82, 2.24) is 4.98 Å². The molecule has 3 rings (SSSR count). The Morgan fingerprint density at radius 1 is 1.03 bits per heavy atom. The second-order valence-electron chi connectivity index (χ2n) is 6.55. The molecule has 5 nitrogen and oxygen atoms in total. The van der Waals surface area contributed by atoms with Gasteiger partial charge in [0.1, 0.15) is 11.6 Å². The Morgan fingerprint density at radius 3 is 2.63 bits per heavy atom. The smallest absolute Gasteiger partial charge is 0.243 e. The van der Waals surface area contributed by atoms with E-state index in [4.69, 9.17) is 23.2 Å². The molecule has 3 aromatic rings. The van der Waals surface area contributed by atoms with Gasteiger partial charge in [-0.3, -0.25) is 4.79 Å². The van der Waals surface area contributed by atoms with Gasteiger partial charge in [0, 0.05) is 34.4 Å². The molecule has 156 valence electrons. The Hall–Kier alpha value is -2.83. The second kappa shape index (κ2) is 10.3. The molecule has 30 heavy (non-hydrogen) atoms. The van der Waals surface area contributed by atoms with Gasteiger partial charge in [-0.25, -0.2) is 9.37 Å². The Morgan fingerprint density at radius 2 is 1.87 bits per heavy atom. The molecule has 1 heterocycles. The number of anilines is 3. The van der Waals surface area contributed by atoms with Crippen LogP contribution in [-0.4, -0.2) is 24.0 Å². The largest absolute Gasteiger partial charge is 0.376 e. The molecule has 0 unspecified atom stereocenters. The van der Waals surface area contributed by atoms with E-state index in [2.05, 4.69) is 20.9 Å². The van der Waals surface area contributed by atoms with E-state index in [9.17, 15) is 9.18 Å². The summed E-state index contributed by atoms with van der Waals surface area (Å²) in [6.07, 6.45) is 0.230. The van der Waals surface area contributed by atoms with Crippen molar-refractivity contribution in [2.24, 2.45) is 0 Å². The molecule has 0 atom stereocenters. The zero-order valence-corrected chi connectivity index (χ0v) is 17.8. The van der Waals surface area contributed by atoms with E-state index < -0.39 is 5.82 Å². The van der Waals surface area contributed by atoms with Crippen LogP contribution in [0.1, 0.15) is 18.2 Å². The number of carbonyl (C=O) groups is 1. The van der Waals surface area contributed by atoms with Crippen LogP contribution in [0.3, 0.4) is 0 Å². The van der Waals surface area contributed by atoms with E-state index in [-0.39, 0.29) is 18.9 Å². The molecule has 0 saturated carbocycles. The van der Waals surface area contributed by atoms with Crippen molar-refractivity contribution < 1.29 is 9.18 Å². The summed E-state index contributed by atoms with van der Waals surface area (Å²) in [6, 6.07) is 15.2. The number of carbonyl (C=O) groups excluding carboxylic acids is 1. The molecule has 1 aromatic heterocycles. The van der Waals surface area contributed by atoms with Crippen molar-refractivity contribution in [3.8, 4) is 0 Å². The summed E-state index contributed by atoms with van der Waals surface area (Å²) in [5, 5.41) is 9.92. The SMILES string of the molecule is CCNc1ccc(F)c(Cc2cc(NCC(=O)Nc3cccc(Cl)c3)ccc2Cl)n1. The van der Waals surface area contributed by atoms with Gasteiger partial charge >= 0.3 is 0 Å². The molecule has 0 aliphatic carbocycles. The highest BCUT2D eigenvalue weighted by Gasteiger charge is 2.11. The lowest BCUT2D eigenvalue weighted by molar-refractivity contribution is -0.114. The van der Waals surface area contributed by atoms with Crippen molar-refractivity contribution in [2.75, 3.05) is 29.0 Å². The lowest BCUT2D eigenvalue weighted by Crippen LogP contribution is -2.21. The number of benzene rings is 2. The lowest BCUT2D eigenvalue weighted by Gasteiger charge is -2.12. The number of hydrogen-bond donors (Lipinski definition) is 3. The highest BCUT2D eigenvalue weighted by molar-refractivity contribution is 6.31. The van der Waals surface area contributed by atoms with Crippen LogP contribution in [0.5, 0.6) is 0 Å². The third-order valence-electron chi connectivity index (χ3n) is 4.24. The Bertz CT molecular complexity index is 1050. The van der Waals surface area contributed by atoms with E-state index in [1.165, 1.54) is 6.07 Å². The molecule has 2 aromatic carbocycles. The fourth-order valence-electron chi connectivity index (χ4n) is 2.84. The van der Waals surface area contributed by atoms with Crippen LogP contribution in [0.25, 0.3) is 0 Å². The van der Waals surface area contributed by atoms with Crippen LogP contribution in [0, 0.1) is 5.82 Å². The van der Waals surface area contributed by atoms with Gasteiger partial charge in [0.2, 0.25) is 5.91 Å². The normalized spacial score (nSPS) is 10.5. The first-order valence-electron chi connectivity index (χ1n) is 9.41. The van der Waals surface area contributed by atoms with E-state index in [0.717, 1.165) is 0 Å². The van der Waals surface area contributed by atoms with Gasteiger partial charge in [-0.1, -0.05) is 29.3 Å². The molecule has 0 bridgehead atoms. The topological polar surface area (TPSA) is 66.0 Å². The first-order chi connectivity index (χ1) is 14.4. The van der Waals surface area contributed by atoms with Crippen LogP contribution in [0.2, 0.25) is 10.0 Å². The molecule has 0 aliphatic heterocycles. The van der Waals surface area contributed by atoms with Gasteiger partial charge in [-0.15, -0.1) is 0 Å². The second-order valence-corrected chi connectivity index (χ2v) is 7.39. The lowest BCUT2D eigenvalue weighted by atomic mass is 10.1. The quantitative estimate of drug-likeness (QED) is 0.421. The third-order valence-corrected chi connectivity index (χ3v) is 4.85. The van der Waals surface area contributed by atoms with Crippen LogP contribution in [0.4, 0.5) is 21.6 Å². The highest BCUT2D eigenvalue weighted by Crippen LogP contribution is 2.24. The first-order valence-corrected chi connectivity index (χ1v) is 10.2. The fraction of sp³-hybridized carbons (Fsp3) is 0.182. The number of hydrogen-bond acceptors (Lipinski definition) is 4. The summed E-state index contributed by atoms with van der Waals surface area (Å²) < 4.78 is 14.2. The number of halogens is 3. The predicted octanol–water partition coefficient (Wildman–Crippen LogP) is 5.60. The minimum absolute atomic E-state index is 0.0517. The molecular formula is C22H21Cl2FN4O. The zero-order chi connectivity index (χ0) is 21.5. The molecule has 0 saturated heterocycles. The molecule has 0 fully saturated rings. The van der Waals surface area contributed by atoms with Crippen LogP contribution in [0.15, 0.2) is 54.6 Å². The number of amides is 1. The summed E-state index contributed by atoms with van der Waals surface area (Å²) in [5.74, 6) is -0.0104. The number of rotatable bonds is 8. The van der Waals surface area contributed by atoms with E-state index >= 15 is 0 Å². The minimum Gasteiger partial charge on any atom is -0.376 e. The Balaban J connectivity index is 1.66. The molecule has 0 radical (unpaired) electrons. The predicted molar refractivity (Wildman–Crippen MR) is 121 cm³/mol. The van der Waals surface area contributed by atoms with Crippen LogP contribution in [-0.2, 0) is 11.2 Å². The van der Waals surface area contributed by atoms with Gasteiger partial charge in [-0.05, 0) is 61.0 Å². The summed E-state index contributed by atoms with van der Waals surface area (Å²) in [5.41, 5.74) is 2.32. The van der Waals surface area contributed by atoms with Crippen molar-refractivity contribution in [3.63, 3.8) is 0 Å². The highest BCUT2D eigenvalue weighted by atomic mass is 35.5. The summed E-state index contributed by atoms with van der Waals surface area (Å²) in [4.78, 5) is 16.5. The van der Waals surface area contributed by atoms with E-state index in [1.54, 1.807) is 48.5 Å². The Labute approximate surface area is 184 Å². The van der Waals surface area contributed by atoms with E-state index in [0.29, 0.717) is 45.0 Å². The number of pyridine rings is 1. The summed E-state index contributed by atoms with van der Waals surface area (Å²) in [7, 11) is 0. The Kier molecular flexibility index (Phi) is 7.49. The summed E-state index contributed by atoms with van der Waals surface area (Å²) in [6.45, 7) is 2.69. The minimum atomic E-state index is -0.396. The number of nitrogens with one attached hydrogen (secondary N) is 3. The average molecular weight is 447 g/mol. The van der Waals surface area contributed by atoms with Gasteiger partial charge in [0.25, 0.3) is 0 Å². The monoisotopic (exact) mass is 446 g/mol. The molecule has 3 N–H and O–H groups in total. The maximum atomic E-state index is 14.2. The fourth-order valence-corrected chi connectivity index (χ4v) is 3.22. The molecule has 0 aliphatic rings. The maximum Gasteiger partial charge on any atom is 0.243 e. The molecule has 8 heteroatoms. The average Bonchev–Trinajstić information content (AvgIpc) is 2.71. The van der Waals surface area contributed by atoms with E-state index in [1.807, 2.05) is 6.92 Å². The third kappa shape index (κ3) is 6.08. The standard InChI is InChI=1S/C22H21Cl2FN4O/c1-2-26-21-9-8-19(25)20(29-21)11-14-10-16(6-7-18(14)24)27-13-22(30)28-17-5-3-4-15(23)12-17/h3-10,12,27H,2,11,13H2,1H3,(H,26,29)(H,28,30). The van der Waals surface area contributed by atoms with Crippen molar-refractivity contribution in [2.45, 2.75) is 13.3 Å². The molecule has 1 amide bonds. The van der Waals surface area contributed by atoms with Crippen LogP contribution < -0.4 is 16.0 Å². The van der Waals surface area contributed by atoms with Gasteiger partial charge in [0.15, 0.2) is 0 Å². The first kappa shape index (κ1) is 21.9. The maximum absolute atomic E-state index is 14.2. The van der Waals surface area contributed by atoms with Crippen LogP contribution >= 0.6 is 23.2 Å². The number of aromatic nitrogens is 1. The zero-order valence-electron chi connectivity index (χ0n) is 16.3. The van der Waals surface area contributed by atoms with Crippen molar-refractivity contribution in [1.29, 1.82) is 0 Å². The molecule has 0 spiro atoms. The molecular weight excluding hydrogens is 426 g/mol. The van der Waals surface area contributed by atoms with Crippen molar-refractivity contribution >= 4 is 46.3 Å². The van der Waals surface area contributed by atoms with Gasteiger partial charge < -0.3 is 16.0 Å². The summed E-state index contributed by atoms with van der Waals surface area (Å²) >= 11 is 12.2.